The van der Waals surface area contributed by atoms with E-state index in [0.29, 0.717) is 0 Å². The highest BCUT2D eigenvalue weighted by molar-refractivity contribution is 7.09. The zero-order chi connectivity index (χ0) is 12.4. The van der Waals surface area contributed by atoms with E-state index in [9.17, 15) is 0 Å². The van der Waals surface area contributed by atoms with Crippen LogP contribution in [0.1, 0.15) is 19.3 Å². The number of hydrogen-bond donors (Lipinski definition) is 0. The largest absolute Gasteiger partial charge is 0.350 e. The van der Waals surface area contributed by atoms with Gasteiger partial charge in [-0.25, -0.2) is 0 Å². The molecule has 1 heterocycles. The molecule has 0 bridgehead atoms. The summed E-state index contributed by atoms with van der Waals surface area (Å²) in [7, 11) is 2.12. The summed E-state index contributed by atoms with van der Waals surface area (Å²) in [4.78, 5) is 6.87. The fourth-order valence-electron chi connectivity index (χ4n) is 2.22. The Kier molecular flexibility index (Phi) is 3.28. The van der Waals surface area contributed by atoms with Crippen LogP contribution < -0.4 is 4.90 Å². The van der Waals surface area contributed by atoms with Crippen molar-refractivity contribution in [2.45, 2.75) is 19.3 Å². The number of anilines is 1. The van der Waals surface area contributed by atoms with E-state index >= 15 is 0 Å². The van der Waals surface area contributed by atoms with E-state index in [1.807, 2.05) is 18.2 Å². The van der Waals surface area contributed by atoms with Gasteiger partial charge in [-0.1, -0.05) is 36.8 Å². The molecule has 0 amide bonds. The molecule has 4 heteroatoms. The lowest BCUT2D eigenvalue weighted by Gasteiger charge is -2.29. The van der Waals surface area contributed by atoms with Gasteiger partial charge >= 0.3 is 0 Å². The van der Waals surface area contributed by atoms with Crippen LogP contribution in [0.4, 0.5) is 5.13 Å². The first-order chi connectivity index (χ1) is 8.83. The third-order valence-electron chi connectivity index (χ3n) is 3.53. The maximum absolute atomic E-state index is 4.63. The zero-order valence-corrected chi connectivity index (χ0v) is 11.4. The smallest absolute Gasteiger partial charge is 0.205 e. The van der Waals surface area contributed by atoms with Gasteiger partial charge in [-0.15, -0.1) is 0 Å². The van der Waals surface area contributed by atoms with Crippen molar-refractivity contribution in [3.8, 4) is 11.4 Å². The van der Waals surface area contributed by atoms with Crippen LogP contribution in [0, 0.1) is 5.92 Å². The van der Waals surface area contributed by atoms with Gasteiger partial charge in [0.25, 0.3) is 0 Å². The van der Waals surface area contributed by atoms with Crippen molar-refractivity contribution in [1.29, 1.82) is 0 Å². The molecule has 18 heavy (non-hydrogen) atoms. The predicted octanol–water partition coefficient (Wildman–Crippen LogP) is 3.44. The van der Waals surface area contributed by atoms with Gasteiger partial charge in [0.15, 0.2) is 5.82 Å². The second-order valence-corrected chi connectivity index (χ2v) is 5.67. The number of rotatable bonds is 4. The van der Waals surface area contributed by atoms with Gasteiger partial charge in [0, 0.05) is 30.7 Å². The highest BCUT2D eigenvalue weighted by Gasteiger charge is 2.20. The minimum atomic E-state index is 0.844. The summed E-state index contributed by atoms with van der Waals surface area (Å²) in [6, 6.07) is 10.2. The Morgan fingerprint density at radius 1 is 1.28 bits per heavy atom. The van der Waals surface area contributed by atoms with Crippen molar-refractivity contribution in [1.82, 2.24) is 9.36 Å². The van der Waals surface area contributed by atoms with E-state index < -0.39 is 0 Å². The van der Waals surface area contributed by atoms with Gasteiger partial charge in [-0.2, -0.15) is 9.36 Å². The molecule has 3 rings (SSSR count). The van der Waals surface area contributed by atoms with Crippen LogP contribution in [0.5, 0.6) is 0 Å². The van der Waals surface area contributed by atoms with Crippen molar-refractivity contribution < 1.29 is 0 Å². The minimum Gasteiger partial charge on any atom is -0.350 e. The maximum Gasteiger partial charge on any atom is 0.205 e. The van der Waals surface area contributed by atoms with Gasteiger partial charge in [0.1, 0.15) is 0 Å². The Hall–Kier alpha value is -1.42. The number of aromatic nitrogens is 2. The first kappa shape index (κ1) is 11.7. The Labute approximate surface area is 112 Å². The fraction of sp³-hybridized carbons (Fsp3) is 0.429. The van der Waals surface area contributed by atoms with Crippen LogP contribution in [-0.4, -0.2) is 22.9 Å². The van der Waals surface area contributed by atoms with E-state index in [1.165, 1.54) is 30.8 Å². The first-order valence-corrected chi connectivity index (χ1v) is 7.20. The third kappa shape index (κ3) is 2.38. The Balaban J connectivity index is 1.72. The average Bonchev–Trinajstić information content (AvgIpc) is 2.84. The molecule has 0 spiro atoms. The standard InChI is InChI=1S/C14H17N3S/c1-17(10-11-6-5-7-11)14-15-13(16-18-14)12-8-3-2-4-9-12/h2-4,8-9,11H,5-7,10H2,1H3. The number of benzene rings is 1. The second kappa shape index (κ2) is 5.06. The molecule has 1 aromatic carbocycles. The summed E-state index contributed by atoms with van der Waals surface area (Å²) >= 11 is 1.49. The molecular weight excluding hydrogens is 242 g/mol. The molecule has 1 aliphatic rings. The second-order valence-electron chi connectivity index (χ2n) is 4.94. The van der Waals surface area contributed by atoms with Gasteiger partial charge in [0.2, 0.25) is 5.13 Å². The third-order valence-corrected chi connectivity index (χ3v) is 4.36. The molecule has 0 N–H and O–H groups in total. The van der Waals surface area contributed by atoms with Crippen molar-refractivity contribution in [3.05, 3.63) is 30.3 Å². The Morgan fingerprint density at radius 2 is 2.06 bits per heavy atom. The van der Waals surface area contributed by atoms with Crippen LogP contribution in [-0.2, 0) is 0 Å². The molecule has 1 aromatic heterocycles. The van der Waals surface area contributed by atoms with Crippen LogP contribution in [0.15, 0.2) is 30.3 Å². The van der Waals surface area contributed by atoms with Gasteiger partial charge in [-0.3, -0.25) is 0 Å². The zero-order valence-electron chi connectivity index (χ0n) is 10.5. The van der Waals surface area contributed by atoms with Crippen molar-refractivity contribution in [2.24, 2.45) is 5.92 Å². The molecule has 0 aliphatic heterocycles. The normalized spacial score (nSPS) is 15.4. The van der Waals surface area contributed by atoms with E-state index in [1.54, 1.807) is 0 Å². The summed E-state index contributed by atoms with van der Waals surface area (Å²) in [5, 5.41) is 1.03. The van der Waals surface area contributed by atoms with Crippen molar-refractivity contribution in [3.63, 3.8) is 0 Å². The van der Waals surface area contributed by atoms with E-state index in [4.69, 9.17) is 0 Å². The molecule has 1 aliphatic carbocycles. The van der Waals surface area contributed by atoms with E-state index in [0.717, 1.165) is 29.0 Å². The van der Waals surface area contributed by atoms with Crippen molar-refractivity contribution >= 4 is 16.7 Å². The lowest BCUT2D eigenvalue weighted by Crippen LogP contribution is -2.29. The van der Waals surface area contributed by atoms with E-state index in [-0.39, 0.29) is 0 Å². The van der Waals surface area contributed by atoms with Crippen LogP contribution in [0.2, 0.25) is 0 Å². The number of nitrogens with zero attached hydrogens (tertiary/aromatic N) is 3. The summed E-state index contributed by atoms with van der Waals surface area (Å²) in [5.74, 6) is 1.70. The molecular formula is C14H17N3S. The molecule has 0 atom stereocenters. The summed E-state index contributed by atoms with van der Waals surface area (Å²) in [6.45, 7) is 1.11. The minimum absolute atomic E-state index is 0.844. The summed E-state index contributed by atoms with van der Waals surface area (Å²) in [6.07, 6.45) is 4.13. The van der Waals surface area contributed by atoms with Gasteiger partial charge in [0.05, 0.1) is 0 Å². The molecule has 3 nitrogen and oxygen atoms in total. The Morgan fingerprint density at radius 3 is 2.72 bits per heavy atom. The Bertz CT molecular complexity index is 505. The van der Waals surface area contributed by atoms with Crippen LogP contribution >= 0.6 is 11.5 Å². The summed E-state index contributed by atoms with van der Waals surface area (Å²) < 4.78 is 4.45. The SMILES string of the molecule is CN(CC1CCC1)c1nc(-c2ccccc2)ns1. The van der Waals surface area contributed by atoms with Gasteiger partial charge < -0.3 is 4.90 Å². The molecule has 1 saturated carbocycles. The van der Waals surface area contributed by atoms with Crippen molar-refractivity contribution in [2.75, 3.05) is 18.5 Å². The molecule has 0 unspecified atom stereocenters. The monoisotopic (exact) mass is 259 g/mol. The maximum atomic E-state index is 4.63. The van der Waals surface area contributed by atoms with Crippen LogP contribution in [0.25, 0.3) is 11.4 Å². The molecule has 0 radical (unpaired) electrons. The van der Waals surface area contributed by atoms with E-state index in [2.05, 4.69) is 33.4 Å². The quantitative estimate of drug-likeness (QED) is 0.842. The topological polar surface area (TPSA) is 29.0 Å². The van der Waals surface area contributed by atoms with Gasteiger partial charge in [-0.05, 0) is 18.8 Å². The molecule has 0 saturated heterocycles. The highest BCUT2D eigenvalue weighted by Crippen LogP contribution is 2.29. The summed E-state index contributed by atoms with van der Waals surface area (Å²) in [5.41, 5.74) is 1.09. The number of hydrogen-bond acceptors (Lipinski definition) is 4. The fourth-order valence-corrected chi connectivity index (χ4v) is 2.87. The molecule has 94 valence electrons. The molecule has 1 fully saturated rings. The predicted molar refractivity (Wildman–Crippen MR) is 76.0 cm³/mol. The molecule has 2 aromatic rings. The lowest BCUT2D eigenvalue weighted by molar-refractivity contribution is 0.321. The highest BCUT2D eigenvalue weighted by atomic mass is 32.1. The first-order valence-electron chi connectivity index (χ1n) is 6.43. The van der Waals surface area contributed by atoms with Crippen LogP contribution in [0.3, 0.4) is 0 Å². The lowest BCUT2D eigenvalue weighted by atomic mass is 9.85. The average molecular weight is 259 g/mol.